The highest BCUT2D eigenvalue weighted by Crippen LogP contribution is 2.34. The molecule has 3 rings (SSSR count). The van der Waals surface area contributed by atoms with E-state index in [1.54, 1.807) is 0 Å². The van der Waals surface area contributed by atoms with Crippen molar-refractivity contribution >= 4 is 5.91 Å². The number of ether oxygens (including phenoxy) is 2. The fraction of sp³-hybridized carbons (Fsp3) is 0.500. The van der Waals surface area contributed by atoms with Gasteiger partial charge in [0, 0.05) is 13.1 Å². The fourth-order valence-corrected chi connectivity index (χ4v) is 2.48. The summed E-state index contributed by atoms with van der Waals surface area (Å²) in [4.78, 5) is 12.0. The molecule has 0 aliphatic carbocycles. The number of fused-ring (bicyclic) bond motifs is 1. The van der Waals surface area contributed by atoms with E-state index in [2.05, 4.69) is 10.6 Å². The van der Waals surface area contributed by atoms with Crippen LogP contribution in [0.25, 0.3) is 0 Å². The van der Waals surface area contributed by atoms with Crippen molar-refractivity contribution in [1.29, 1.82) is 0 Å². The molecule has 2 heterocycles. The second kappa shape index (κ2) is 5.09. The van der Waals surface area contributed by atoms with Gasteiger partial charge < -0.3 is 20.1 Å². The molecule has 19 heavy (non-hydrogen) atoms. The van der Waals surface area contributed by atoms with Crippen LogP contribution in [-0.2, 0) is 11.3 Å². The average molecular weight is 262 g/mol. The van der Waals surface area contributed by atoms with Crippen molar-refractivity contribution in [3.8, 4) is 11.5 Å². The summed E-state index contributed by atoms with van der Waals surface area (Å²) >= 11 is 0. The molecule has 0 bridgehead atoms. The van der Waals surface area contributed by atoms with Gasteiger partial charge in [-0.05, 0) is 43.1 Å². The van der Waals surface area contributed by atoms with Crippen LogP contribution in [-0.4, -0.2) is 25.8 Å². The third-order valence-electron chi connectivity index (χ3n) is 3.72. The zero-order chi connectivity index (χ0) is 13.2. The van der Waals surface area contributed by atoms with Crippen molar-refractivity contribution in [1.82, 2.24) is 10.6 Å². The monoisotopic (exact) mass is 262 g/mol. The Balaban J connectivity index is 1.65. The average Bonchev–Trinajstić information content (AvgIpc) is 3.06. The molecule has 1 aromatic carbocycles. The maximum Gasteiger partial charge on any atom is 0.231 e. The number of carbonyl (C=O) groups excluding carboxylic acids is 1. The summed E-state index contributed by atoms with van der Waals surface area (Å²) in [5, 5.41) is 6.20. The van der Waals surface area contributed by atoms with Crippen molar-refractivity contribution in [2.45, 2.75) is 19.9 Å². The van der Waals surface area contributed by atoms with Gasteiger partial charge in [0.15, 0.2) is 11.5 Å². The van der Waals surface area contributed by atoms with Crippen molar-refractivity contribution in [2.24, 2.45) is 5.92 Å². The molecule has 1 atom stereocenters. The predicted octanol–water partition coefficient (Wildman–Crippen LogP) is 0.949. The van der Waals surface area contributed by atoms with Gasteiger partial charge in [0.2, 0.25) is 12.7 Å². The molecular weight excluding hydrogens is 244 g/mol. The van der Waals surface area contributed by atoms with E-state index in [4.69, 9.17) is 9.47 Å². The van der Waals surface area contributed by atoms with Gasteiger partial charge in [0.05, 0.1) is 5.92 Å². The molecule has 1 saturated heterocycles. The molecule has 2 N–H and O–H groups in total. The second-order valence-corrected chi connectivity index (χ2v) is 5.04. The van der Waals surface area contributed by atoms with E-state index in [1.807, 2.05) is 19.1 Å². The van der Waals surface area contributed by atoms with Crippen LogP contribution >= 0.6 is 0 Å². The summed E-state index contributed by atoms with van der Waals surface area (Å²) in [6, 6.07) is 3.91. The molecule has 1 unspecified atom stereocenters. The van der Waals surface area contributed by atoms with Crippen molar-refractivity contribution in [3.05, 3.63) is 23.3 Å². The van der Waals surface area contributed by atoms with Crippen LogP contribution in [0.1, 0.15) is 17.5 Å². The van der Waals surface area contributed by atoms with Crippen LogP contribution < -0.4 is 20.1 Å². The maximum atomic E-state index is 12.0. The highest BCUT2D eigenvalue weighted by atomic mass is 16.7. The van der Waals surface area contributed by atoms with Crippen LogP contribution in [0, 0.1) is 12.8 Å². The predicted molar refractivity (Wildman–Crippen MR) is 70.1 cm³/mol. The topological polar surface area (TPSA) is 59.6 Å². The normalized spacial score (nSPS) is 20.6. The Morgan fingerprint density at radius 3 is 2.95 bits per heavy atom. The van der Waals surface area contributed by atoms with E-state index in [9.17, 15) is 4.79 Å². The largest absolute Gasteiger partial charge is 0.454 e. The molecule has 1 aromatic rings. The van der Waals surface area contributed by atoms with Crippen LogP contribution in [0.15, 0.2) is 12.1 Å². The smallest absolute Gasteiger partial charge is 0.231 e. The highest BCUT2D eigenvalue weighted by Gasteiger charge is 2.22. The lowest BCUT2D eigenvalue weighted by molar-refractivity contribution is -0.124. The van der Waals surface area contributed by atoms with E-state index in [-0.39, 0.29) is 18.6 Å². The number of aryl methyl sites for hydroxylation is 1. The number of nitrogens with one attached hydrogen (secondary N) is 2. The van der Waals surface area contributed by atoms with Crippen molar-refractivity contribution in [3.63, 3.8) is 0 Å². The molecule has 5 nitrogen and oxygen atoms in total. The van der Waals surface area contributed by atoms with Gasteiger partial charge in [0.25, 0.3) is 0 Å². The first-order chi connectivity index (χ1) is 9.24. The van der Waals surface area contributed by atoms with Gasteiger partial charge in [-0.25, -0.2) is 0 Å². The van der Waals surface area contributed by atoms with E-state index in [0.29, 0.717) is 6.54 Å². The van der Waals surface area contributed by atoms with Gasteiger partial charge in [-0.3, -0.25) is 4.79 Å². The molecule has 0 saturated carbocycles. The summed E-state index contributed by atoms with van der Waals surface area (Å²) in [6.07, 6.45) is 0.923. The Kier molecular flexibility index (Phi) is 3.29. The Hall–Kier alpha value is -1.75. The standard InChI is InChI=1S/C14H18N2O3/c1-9-4-12-13(19-8-18-12)5-11(9)7-16-14(17)10-2-3-15-6-10/h4-5,10,15H,2-3,6-8H2,1H3,(H,16,17). The molecule has 0 aromatic heterocycles. The summed E-state index contributed by atoms with van der Waals surface area (Å²) in [7, 11) is 0. The molecule has 2 aliphatic heterocycles. The van der Waals surface area contributed by atoms with E-state index in [0.717, 1.165) is 42.1 Å². The Morgan fingerprint density at radius 1 is 1.42 bits per heavy atom. The zero-order valence-corrected chi connectivity index (χ0v) is 11.0. The Labute approximate surface area is 112 Å². The summed E-state index contributed by atoms with van der Waals surface area (Å²) in [5.41, 5.74) is 2.18. The lowest BCUT2D eigenvalue weighted by Gasteiger charge is -2.12. The molecular formula is C14H18N2O3. The zero-order valence-electron chi connectivity index (χ0n) is 11.0. The number of hydrogen-bond donors (Lipinski definition) is 2. The van der Waals surface area contributed by atoms with Gasteiger partial charge in [-0.1, -0.05) is 0 Å². The minimum atomic E-state index is 0.106. The molecule has 1 fully saturated rings. The summed E-state index contributed by atoms with van der Waals surface area (Å²) < 4.78 is 10.7. The first-order valence-electron chi connectivity index (χ1n) is 6.61. The lowest BCUT2D eigenvalue weighted by atomic mass is 10.1. The number of hydrogen-bond acceptors (Lipinski definition) is 4. The molecule has 102 valence electrons. The van der Waals surface area contributed by atoms with Gasteiger partial charge in [-0.2, -0.15) is 0 Å². The van der Waals surface area contributed by atoms with Crippen LogP contribution in [0.2, 0.25) is 0 Å². The van der Waals surface area contributed by atoms with Crippen LogP contribution in [0.4, 0.5) is 0 Å². The molecule has 0 radical (unpaired) electrons. The quantitative estimate of drug-likeness (QED) is 0.851. The van der Waals surface area contributed by atoms with Gasteiger partial charge in [-0.15, -0.1) is 0 Å². The number of carbonyl (C=O) groups is 1. The first kappa shape index (κ1) is 12.3. The summed E-state index contributed by atoms with van der Waals surface area (Å²) in [5.74, 6) is 1.78. The third-order valence-corrected chi connectivity index (χ3v) is 3.72. The van der Waals surface area contributed by atoms with Crippen LogP contribution in [0.5, 0.6) is 11.5 Å². The van der Waals surface area contributed by atoms with Crippen molar-refractivity contribution in [2.75, 3.05) is 19.9 Å². The number of benzene rings is 1. The minimum Gasteiger partial charge on any atom is -0.454 e. The van der Waals surface area contributed by atoms with Gasteiger partial charge in [0.1, 0.15) is 0 Å². The van der Waals surface area contributed by atoms with Crippen LogP contribution in [0.3, 0.4) is 0 Å². The molecule has 1 amide bonds. The maximum absolute atomic E-state index is 12.0. The molecule has 0 spiro atoms. The minimum absolute atomic E-state index is 0.106. The Morgan fingerprint density at radius 2 is 2.21 bits per heavy atom. The van der Waals surface area contributed by atoms with Gasteiger partial charge >= 0.3 is 0 Å². The third kappa shape index (κ3) is 2.51. The SMILES string of the molecule is Cc1cc2c(cc1CNC(=O)C1CCNC1)OCO2. The second-order valence-electron chi connectivity index (χ2n) is 5.04. The molecule has 5 heteroatoms. The van der Waals surface area contributed by atoms with Crippen molar-refractivity contribution < 1.29 is 14.3 Å². The first-order valence-corrected chi connectivity index (χ1v) is 6.61. The molecule has 2 aliphatic rings. The summed E-state index contributed by atoms with van der Waals surface area (Å²) in [6.45, 7) is 4.55. The van der Waals surface area contributed by atoms with E-state index >= 15 is 0 Å². The lowest BCUT2D eigenvalue weighted by Crippen LogP contribution is -2.31. The van der Waals surface area contributed by atoms with E-state index in [1.165, 1.54) is 0 Å². The van der Waals surface area contributed by atoms with E-state index < -0.39 is 0 Å². The fourth-order valence-electron chi connectivity index (χ4n) is 2.48. The highest BCUT2D eigenvalue weighted by molar-refractivity contribution is 5.79. The Bertz CT molecular complexity index is 496. The number of rotatable bonds is 3. The number of amides is 1.